The number of ether oxygens (including phenoxy) is 2. The van der Waals surface area contributed by atoms with E-state index in [9.17, 15) is 13.2 Å². The van der Waals surface area contributed by atoms with Gasteiger partial charge in [-0.1, -0.05) is 13.8 Å². The Morgan fingerprint density at radius 3 is 2.37 bits per heavy atom. The van der Waals surface area contributed by atoms with Gasteiger partial charge in [-0.05, 0) is 48.7 Å². The number of hydrogen-bond donors (Lipinski definition) is 0. The summed E-state index contributed by atoms with van der Waals surface area (Å²) in [6, 6.07) is 9.47. The number of hydrogen-bond acceptors (Lipinski definition) is 6. The summed E-state index contributed by atoms with van der Waals surface area (Å²) in [4.78, 5) is 12.1. The molecule has 0 bridgehead atoms. The number of sulfonamides is 1. The molecule has 0 aliphatic heterocycles. The Kier molecular flexibility index (Phi) is 7.04. The molecule has 0 N–H and O–H groups in total. The number of benzene rings is 1. The van der Waals surface area contributed by atoms with E-state index in [0.29, 0.717) is 23.8 Å². The minimum Gasteiger partial charge on any atom is -0.494 e. The van der Waals surface area contributed by atoms with Gasteiger partial charge in [0, 0.05) is 14.1 Å². The molecule has 27 heavy (non-hydrogen) atoms. The summed E-state index contributed by atoms with van der Waals surface area (Å²) in [5.74, 6) is 0.973. The van der Waals surface area contributed by atoms with Crippen molar-refractivity contribution >= 4 is 16.0 Å². The van der Waals surface area contributed by atoms with Gasteiger partial charge in [-0.25, -0.2) is 17.5 Å². The van der Waals surface area contributed by atoms with Gasteiger partial charge in [0.2, 0.25) is 5.09 Å². The average Bonchev–Trinajstić information content (AvgIpc) is 3.09. The second-order valence-electron chi connectivity index (χ2n) is 6.64. The lowest BCUT2D eigenvalue weighted by atomic mass is 10.1. The Bertz CT molecular complexity index is 853. The van der Waals surface area contributed by atoms with Crippen LogP contribution in [0.1, 0.15) is 36.4 Å². The van der Waals surface area contributed by atoms with Crippen molar-refractivity contribution in [2.75, 3.05) is 20.7 Å². The topological polar surface area (TPSA) is 86.0 Å². The molecular formula is C19H25NO6S. The van der Waals surface area contributed by atoms with E-state index >= 15 is 0 Å². The van der Waals surface area contributed by atoms with Gasteiger partial charge in [0.25, 0.3) is 10.0 Å². The van der Waals surface area contributed by atoms with Gasteiger partial charge < -0.3 is 13.9 Å². The molecular weight excluding hydrogens is 370 g/mol. The fourth-order valence-electron chi connectivity index (χ4n) is 2.07. The summed E-state index contributed by atoms with van der Waals surface area (Å²) in [5, 5.41) is -0.193. The Hall–Kier alpha value is -2.32. The summed E-state index contributed by atoms with van der Waals surface area (Å²) in [5.41, 5.74) is 0.374. The third-order valence-corrected chi connectivity index (χ3v) is 5.46. The molecule has 7 nitrogen and oxygen atoms in total. The minimum atomic E-state index is -3.65. The first-order valence-corrected chi connectivity index (χ1v) is 10.1. The van der Waals surface area contributed by atoms with Gasteiger partial charge in [-0.3, -0.25) is 0 Å². The molecule has 2 aromatic rings. The number of rotatable bonds is 9. The monoisotopic (exact) mass is 395 g/mol. The molecule has 0 aliphatic carbocycles. The quantitative estimate of drug-likeness (QED) is 0.606. The van der Waals surface area contributed by atoms with Crippen LogP contribution in [0.3, 0.4) is 0 Å². The standard InChI is InChI=1S/C19H25NO6S/c1-14(2)11-12-24-16-7-5-15(6-8-16)19(21)25-13-17-9-10-18(26-17)27(22,23)20(3)4/h5-10,14H,11-13H2,1-4H3. The van der Waals surface area contributed by atoms with Crippen LogP contribution in [-0.4, -0.2) is 39.4 Å². The van der Waals surface area contributed by atoms with Gasteiger partial charge in [-0.15, -0.1) is 0 Å². The minimum absolute atomic E-state index is 0.158. The van der Waals surface area contributed by atoms with Crippen molar-refractivity contribution in [1.29, 1.82) is 0 Å². The Morgan fingerprint density at radius 2 is 1.78 bits per heavy atom. The van der Waals surface area contributed by atoms with Crippen molar-refractivity contribution in [2.24, 2.45) is 5.92 Å². The number of nitrogens with zero attached hydrogens (tertiary/aromatic N) is 1. The van der Waals surface area contributed by atoms with Crippen LogP contribution in [-0.2, 0) is 21.4 Å². The maximum atomic E-state index is 12.1. The molecule has 1 heterocycles. The fraction of sp³-hybridized carbons (Fsp3) is 0.421. The summed E-state index contributed by atoms with van der Waals surface area (Å²) in [7, 11) is -0.832. The molecule has 2 rings (SSSR count). The van der Waals surface area contributed by atoms with Gasteiger partial charge in [0.1, 0.15) is 18.1 Å². The maximum absolute atomic E-state index is 12.1. The molecule has 0 amide bonds. The van der Waals surface area contributed by atoms with Crippen LogP contribution in [0.5, 0.6) is 5.75 Å². The Labute approximate surface area is 159 Å². The molecule has 0 fully saturated rings. The first kappa shape index (κ1) is 21.0. The number of esters is 1. The molecule has 0 saturated heterocycles. The molecule has 0 atom stereocenters. The van der Waals surface area contributed by atoms with Crippen LogP contribution >= 0.6 is 0 Å². The first-order chi connectivity index (χ1) is 12.7. The van der Waals surface area contributed by atoms with Gasteiger partial charge in [0.15, 0.2) is 0 Å². The van der Waals surface area contributed by atoms with Crippen molar-refractivity contribution in [3.8, 4) is 5.75 Å². The molecule has 0 aliphatic rings. The van der Waals surface area contributed by atoms with Crippen molar-refractivity contribution in [1.82, 2.24) is 4.31 Å². The molecule has 0 radical (unpaired) electrons. The second kappa shape index (κ2) is 9.05. The summed E-state index contributed by atoms with van der Waals surface area (Å²) >= 11 is 0. The van der Waals surface area contributed by atoms with Crippen LogP contribution in [0.25, 0.3) is 0 Å². The Morgan fingerprint density at radius 1 is 1.11 bits per heavy atom. The molecule has 1 aromatic heterocycles. The van der Waals surface area contributed by atoms with Crippen molar-refractivity contribution in [3.05, 3.63) is 47.7 Å². The highest BCUT2D eigenvalue weighted by molar-refractivity contribution is 7.88. The smallest absolute Gasteiger partial charge is 0.338 e. The number of furan rings is 1. The molecule has 0 saturated carbocycles. The van der Waals surface area contributed by atoms with Crippen molar-refractivity contribution < 1.29 is 27.1 Å². The first-order valence-electron chi connectivity index (χ1n) is 8.61. The number of carbonyl (C=O) groups excluding carboxylic acids is 1. The highest BCUT2D eigenvalue weighted by Crippen LogP contribution is 2.18. The van der Waals surface area contributed by atoms with Crippen LogP contribution in [0.4, 0.5) is 0 Å². The van der Waals surface area contributed by atoms with Gasteiger partial charge >= 0.3 is 5.97 Å². The average molecular weight is 395 g/mol. The van der Waals surface area contributed by atoms with Crippen LogP contribution in [0, 0.1) is 5.92 Å². The van der Waals surface area contributed by atoms with E-state index in [0.717, 1.165) is 10.7 Å². The van der Waals surface area contributed by atoms with E-state index < -0.39 is 16.0 Å². The van der Waals surface area contributed by atoms with Crippen molar-refractivity contribution in [3.63, 3.8) is 0 Å². The second-order valence-corrected chi connectivity index (χ2v) is 8.72. The predicted molar refractivity (Wildman–Crippen MR) is 100 cm³/mol. The SMILES string of the molecule is CC(C)CCOc1ccc(C(=O)OCc2ccc(S(=O)(=O)N(C)C)o2)cc1. The Balaban J connectivity index is 1.90. The summed E-state index contributed by atoms with van der Waals surface area (Å²) in [6.07, 6.45) is 0.957. The molecule has 148 valence electrons. The highest BCUT2D eigenvalue weighted by Gasteiger charge is 2.21. The summed E-state index contributed by atoms with van der Waals surface area (Å²) in [6.45, 7) is 4.72. The highest BCUT2D eigenvalue weighted by atomic mass is 32.2. The van der Waals surface area contributed by atoms with Crippen LogP contribution < -0.4 is 4.74 Å². The maximum Gasteiger partial charge on any atom is 0.338 e. The zero-order valence-corrected chi connectivity index (χ0v) is 16.8. The normalized spacial score (nSPS) is 11.8. The van der Waals surface area contributed by atoms with E-state index in [2.05, 4.69) is 13.8 Å². The zero-order chi connectivity index (χ0) is 20.0. The largest absolute Gasteiger partial charge is 0.494 e. The third-order valence-electron chi connectivity index (χ3n) is 3.77. The molecule has 1 aromatic carbocycles. The fourth-order valence-corrected chi connectivity index (χ4v) is 2.89. The van der Waals surface area contributed by atoms with Crippen LogP contribution in [0.2, 0.25) is 0 Å². The van der Waals surface area contributed by atoms with E-state index in [1.165, 1.54) is 26.2 Å². The van der Waals surface area contributed by atoms with Crippen molar-refractivity contribution in [2.45, 2.75) is 32.0 Å². The zero-order valence-electron chi connectivity index (χ0n) is 16.0. The lowest BCUT2D eigenvalue weighted by Crippen LogP contribution is -2.21. The predicted octanol–water partition coefficient (Wildman–Crippen LogP) is 3.31. The third kappa shape index (κ3) is 5.83. The van der Waals surface area contributed by atoms with Gasteiger partial charge in [-0.2, -0.15) is 0 Å². The molecule has 0 spiro atoms. The van der Waals surface area contributed by atoms with E-state index in [1.807, 2.05) is 0 Å². The number of carbonyl (C=O) groups is 1. The van der Waals surface area contributed by atoms with E-state index in [1.54, 1.807) is 24.3 Å². The lowest BCUT2D eigenvalue weighted by molar-refractivity contribution is 0.0440. The molecule has 8 heteroatoms. The van der Waals surface area contributed by atoms with E-state index in [4.69, 9.17) is 13.9 Å². The van der Waals surface area contributed by atoms with Gasteiger partial charge in [0.05, 0.1) is 12.2 Å². The van der Waals surface area contributed by atoms with Crippen LogP contribution in [0.15, 0.2) is 45.9 Å². The summed E-state index contributed by atoms with van der Waals surface area (Å²) < 4.78 is 41.0. The van der Waals surface area contributed by atoms with E-state index in [-0.39, 0.29) is 17.5 Å². The molecule has 0 unspecified atom stereocenters. The lowest BCUT2D eigenvalue weighted by Gasteiger charge is -2.09.